The zero-order valence-corrected chi connectivity index (χ0v) is 10.3. The Morgan fingerprint density at radius 3 is 2.84 bits per heavy atom. The van der Waals surface area contributed by atoms with Crippen LogP contribution in [0.15, 0.2) is 18.5 Å². The molecule has 1 fully saturated rings. The smallest absolute Gasteiger partial charge is 0.306 e. The molecule has 102 valence electrons. The Kier molecular flexibility index (Phi) is 4.09. The van der Waals surface area contributed by atoms with Crippen molar-refractivity contribution in [2.24, 2.45) is 5.92 Å². The molecule has 19 heavy (non-hydrogen) atoms. The van der Waals surface area contributed by atoms with Crippen molar-refractivity contribution in [3.05, 3.63) is 29.8 Å². The van der Waals surface area contributed by atoms with E-state index in [0.29, 0.717) is 12.8 Å². The maximum Gasteiger partial charge on any atom is 0.306 e. The Morgan fingerprint density at radius 2 is 2.16 bits per heavy atom. The van der Waals surface area contributed by atoms with Crippen molar-refractivity contribution in [3.63, 3.8) is 0 Å². The van der Waals surface area contributed by atoms with Gasteiger partial charge < -0.3 is 10.4 Å². The molecule has 2 atom stereocenters. The first-order valence-corrected chi connectivity index (χ1v) is 6.20. The number of nitrogens with zero attached hydrogens (tertiary/aromatic N) is 1. The third-order valence-corrected chi connectivity index (χ3v) is 3.33. The lowest BCUT2D eigenvalue weighted by molar-refractivity contribution is -0.143. The van der Waals surface area contributed by atoms with Crippen molar-refractivity contribution < 1.29 is 19.1 Å². The summed E-state index contributed by atoms with van der Waals surface area (Å²) in [7, 11) is 0. The van der Waals surface area contributed by atoms with E-state index in [2.05, 4.69) is 10.3 Å². The number of amides is 1. The van der Waals surface area contributed by atoms with Crippen molar-refractivity contribution >= 4 is 11.9 Å². The van der Waals surface area contributed by atoms with Gasteiger partial charge in [-0.05, 0) is 25.3 Å². The molecule has 1 amide bonds. The number of carboxylic acid groups (broad SMARTS) is 1. The first-order chi connectivity index (χ1) is 9.06. The lowest BCUT2D eigenvalue weighted by atomic mass is 9.85. The van der Waals surface area contributed by atoms with Crippen LogP contribution in [0.1, 0.15) is 36.0 Å². The highest BCUT2D eigenvalue weighted by molar-refractivity contribution is 5.94. The molecule has 1 heterocycles. The molecule has 2 unspecified atom stereocenters. The molecule has 0 spiro atoms. The number of aliphatic carboxylic acids is 1. The van der Waals surface area contributed by atoms with Gasteiger partial charge in [-0.2, -0.15) is 0 Å². The number of rotatable bonds is 3. The van der Waals surface area contributed by atoms with Gasteiger partial charge in [-0.25, -0.2) is 4.39 Å². The molecular formula is C13H15FN2O3. The molecule has 2 rings (SSSR count). The Bertz CT molecular complexity index is 493. The molecule has 1 aliphatic carbocycles. The van der Waals surface area contributed by atoms with Gasteiger partial charge >= 0.3 is 5.97 Å². The second-order valence-corrected chi connectivity index (χ2v) is 4.76. The number of carbonyl (C=O) groups excluding carboxylic acids is 1. The van der Waals surface area contributed by atoms with Crippen molar-refractivity contribution in [1.82, 2.24) is 10.3 Å². The summed E-state index contributed by atoms with van der Waals surface area (Å²) >= 11 is 0. The highest BCUT2D eigenvalue weighted by Crippen LogP contribution is 2.24. The molecule has 0 aromatic carbocycles. The van der Waals surface area contributed by atoms with Gasteiger partial charge in [0.25, 0.3) is 5.91 Å². The van der Waals surface area contributed by atoms with Crippen LogP contribution < -0.4 is 5.32 Å². The summed E-state index contributed by atoms with van der Waals surface area (Å²) < 4.78 is 13.0. The lowest BCUT2D eigenvalue weighted by Crippen LogP contribution is -2.40. The second-order valence-electron chi connectivity index (χ2n) is 4.76. The fraction of sp³-hybridized carbons (Fsp3) is 0.462. The van der Waals surface area contributed by atoms with Gasteiger partial charge in [0.15, 0.2) is 0 Å². The second kappa shape index (κ2) is 5.77. The number of nitrogens with one attached hydrogen (secondary N) is 1. The Morgan fingerprint density at radius 1 is 1.37 bits per heavy atom. The highest BCUT2D eigenvalue weighted by atomic mass is 19.1. The van der Waals surface area contributed by atoms with Crippen LogP contribution in [-0.2, 0) is 4.79 Å². The summed E-state index contributed by atoms with van der Waals surface area (Å²) in [6.07, 6.45) is 4.89. The molecule has 1 aromatic heterocycles. The first kappa shape index (κ1) is 13.5. The van der Waals surface area contributed by atoms with E-state index < -0.39 is 23.6 Å². The van der Waals surface area contributed by atoms with E-state index >= 15 is 0 Å². The first-order valence-electron chi connectivity index (χ1n) is 6.20. The molecule has 0 aliphatic heterocycles. The number of pyridine rings is 1. The molecule has 6 heteroatoms. The van der Waals surface area contributed by atoms with Gasteiger partial charge in [0.1, 0.15) is 5.82 Å². The monoisotopic (exact) mass is 266 g/mol. The summed E-state index contributed by atoms with van der Waals surface area (Å²) in [5.74, 6) is -2.22. The average Bonchev–Trinajstić information content (AvgIpc) is 2.39. The van der Waals surface area contributed by atoms with Crippen molar-refractivity contribution in [2.75, 3.05) is 0 Å². The number of carbonyl (C=O) groups is 2. The van der Waals surface area contributed by atoms with Gasteiger partial charge in [0.05, 0.1) is 17.7 Å². The number of hydrogen-bond acceptors (Lipinski definition) is 3. The largest absolute Gasteiger partial charge is 0.481 e. The predicted octanol–water partition coefficient (Wildman–Crippen LogP) is 1.59. The van der Waals surface area contributed by atoms with Gasteiger partial charge in [-0.15, -0.1) is 0 Å². The summed E-state index contributed by atoms with van der Waals surface area (Å²) in [4.78, 5) is 26.4. The van der Waals surface area contributed by atoms with Crippen LogP contribution >= 0.6 is 0 Å². The van der Waals surface area contributed by atoms with Gasteiger partial charge in [-0.1, -0.05) is 6.42 Å². The van der Waals surface area contributed by atoms with Crippen LogP contribution in [0.5, 0.6) is 0 Å². The Labute approximate surface area is 109 Å². The zero-order valence-electron chi connectivity index (χ0n) is 10.3. The van der Waals surface area contributed by atoms with E-state index in [1.807, 2.05) is 0 Å². The van der Waals surface area contributed by atoms with Gasteiger partial charge in [-0.3, -0.25) is 14.6 Å². The highest BCUT2D eigenvalue weighted by Gasteiger charge is 2.28. The van der Waals surface area contributed by atoms with E-state index in [9.17, 15) is 14.0 Å². The minimum Gasteiger partial charge on any atom is -0.481 e. The molecule has 0 saturated heterocycles. The fourth-order valence-electron chi connectivity index (χ4n) is 2.35. The summed E-state index contributed by atoms with van der Waals surface area (Å²) in [6, 6.07) is 0.936. The van der Waals surface area contributed by atoms with Gasteiger partial charge in [0.2, 0.25) is 0 Å². The number of hydrogen-bond donors (Lipinski definition) is 2. The molecule has 0 bridgehead atoms. The van der Waals surface area contributed by atoms with E-state index in [0.717, 1.165) is 25.1 Å². The standard InChI is InChI=1S/C13H15FN2O3/c14-10-4-9(6-15-7-10)12(17)16-11-3-1-2-8(5-11)13(18)19/h4,6-8,11H,1-3,5H2,(H,16,17)(H,18,19). The minimum absolute atomic E-state index is 0.150. The van der Waals surface area contributed by atoms with Crippen molar-refractivity contribution in [1.29, 1.82) is 0 Å². The number of aromatic nitrogens is 1. The van der Waals surface area contributed by atoms with Crippen LogP contribution in [0, 0.1) is 11.7 Å². The molecule has 0 radical (unpaired) electrons. The van der Waals surface area contributed by atoms with E-state index in [-0.39, 0.29) is 11.6 Å². The van der Waals surface area contributed by atoms with E-state index in [4.69, 9.17) is 5.11 Å². The van der Waals surface area contributed by atoms with Crippen LogP contribution in [-0.4, -0.2) is 28.0 Å². The maximum absolute atomic E-state index is 13.0. The van der Waals surface area contributed by atoms with Crippen LogP contribution in [0.2, 0.25) is 0 Å². The normalized spacial score (nSPS) is 22.8. The van der Waals surface area contributed by atoms with Crippen LogP contribution in [0.25, 0.3) is 0 Å². The Balaban J connectivity index is 1.97. The molecule has 2 N–H and O–H groups in total. The molecule has 1 saturated carbocycles. The van der Waals surface area contributed by atoms with Gasteiger partial charge in [0, 0.05) is 12.2 Å². The molecule has 1 aromatic rings. The minimum atomic E-state index is -0.827. The Hall–Kier alpha value is -1.98. The quantitative estimate of drug-likeness (QED) is 0.870. The van der Waals surface area contributed by atoms with Crippen molar-refractivity contribution in [2.45, 2.75) is 31.7 Å². The number of halogens is 1. The van der Waals surface area contributed by atoms with Crippen molar-refractivity contribution in [3.8, 4) is 0 Å². The maximum atomic E-state index is 13.0. The van der Waals surface area contributed by atoms with E-state index in [1.54, 1.807) is 0 Å². The topological polar surface area (TPSA) is 79.3 Å². The van der Waals surface area contributed by atoms with Crippen LogP contribution in [0.4, 0.5) is 4.39 Å². The predicted molar refractivity (Wildman–Crippen MR) is 65.0 cm³/mol. The fourth-order valence-corrected chi connectivity index (χ4v) is 2.35. The van der Waals surface area contributed by atoms with Crippen LogP contribution in [0.3, 0.4) is 0 Å². The summed E-state index contributed by atoms with van der Waals surface area (Å²) in [6.45, 7) is 0. The number of carboxylic acids is 1. The summed E-state index contributed by atoms with van der Waals surface area (Å²) in [5, 5.41) is 11.7. The lowest BCUT2D eigenvalue weighted by Gasteiger charge is -2.27. The van der Waals surface area contributed by atoms with E-state index in [1.165, 1.54) is 6.20 Å². The third-order valence-electron chi connectivity index (χ3n) is 3.33. The zero-order chi connectivity index (χ0) is 13.8. The third kappa shape index (κ3) is 3.49. The SMILES string of the molecule is O=C(NC1CCCC(C(=O)O)C1)c1cncc(F)c1. The molecular weight excluding hydrogens is 251 g/mol. The average molecular weight is 266 g/mol. The molecule has 1 aliphatic rings. The summed E-state index contributed by atoms with van der Waals surface area (Å²) in [5.41, 5.74) is 0.150. The molecule has 5 nitrogen and oxygen atoms in total.